The largest absolute Gasteiger partial charge is 0.465 e. The van der Waals surface area contributed by atoms with Crippen LogP contribution in [-0.2, 0) is 24.7 Å². The summed E-state index contributed by atoms with van der Waals surface area (Å²) in [6, 6.07) is 5.88. The number of alkyl halides is 1. The zero-order valence-corrected chi connectivity index (χ0v) is 16.8. The van der Waals surface area contributed by atoms with E-state index in [4.69, 9.17) is 32.8 Å². The van der Waals surface area contributed by atoms with Gasteiger partial charge in [0.05, 0.1) is 12.7 Å². The van der Waals surface area contributed by atoms with Gasteiger partial charge in [-0.15, -0.1) is 5.10 Å². The molecule has 2 heterocycles. The Bertz CT molecular complexity index is 1120. The molecule has 0 amide bonds. The molecular weight excluding hydrogens is 433 g/mol. The van der Waals surface area contributed by atoms with Crippen molar-refractivity contribution in [2.75, 3.05) is 7.11 Å². The molecule has 1 N–H and O–H groups in total. The van der Waals surface area contributed by atoms with Gasteiger partial charge < -0.3 is 4.74 Å². The highest BCUT2D eigenvalue weighted by molar-refractivity contribution is 7.89. The summed E-state index contributed by atoms with van der Waals surface area (Å²) >= 11 is 12.5. The second-order valence-electron chi connectivity index (χ2n) is 5.54. The van der Waals surface area contributed by atoms with Crippen LogP contribution in [0.3, 0.4) is 0 Å². The molecule has 0 spiro atoms. The number of benzene rings is 1. The minimum absolute atomic E-state index is 0.0172. The van der Waals surface area contributed by atoms with Crippen LogP contribution in [0.5, 0.6) is 0 Å². The Kier molecular flexibility index (Phi) is 5.55. The molecule has 1 unspecified atom stereocenters. The highest BCUT2D eigenvalue weighted by Gasteiger charge is 2.35. The van der Waals surface area contributed by atoms with Gasteiger partial charge in [-0.3, -0.25) is 4.84 Å². The maximum atomic E-state index is 12.5. The van der Waals surface area contributed by atoms with Crippen LogP contribution in [0.4, 0.5) is 0 Å². The summed E-state index contributed by atoms with van der Waals surface area (Å²) in [4.78, 5) is 26.7. The molecule has 0 radical (unpaired) electrons. The highest BCUT2D eigenvalue weighted by Crippen LogP contribution is 2.37. The first kappa shape index (κ1) is 20.4. The van der Waals surface area contributed by atoms with Gasteiger partial charge in [0.25, 0.3) is 15.2 Å². The number of ether oxygens (including phenoxy) is 1. The van der Waals surface area contributed by atoms with Gasteiger partial charge >= 0.3 is 5.97 Å². The maximum absolute atomic E-state index is 12.5. The van der Waals surface area contributed by atoms with E-state index >= 15 is 0 Å². The minimum Gasteiger partial charge on any atom is -0.465 e. The number of esters is 1. The molecule has 0 aliphatic heterocycles. The molecule has 0 aliphatic carbocycles. The Hall–Kier alpha value is -2.31. The van der Waals surface area contributed by atoms with Crippen LogP contribution in [0.1, 0.15) is 22.8 Å². The van der Waals surface area contributed by atoms with Crippen LogP contribution in [0.25, 0.3) is 5.65 Å². The molecule has 1 atom stereocenters. The summed E-state index contributed by atoms with van der Waals surface area (Å²) in [5.74, 6) is -0.717. The number of aromatic nitrogens is 4. The average Bonchev–Trinajstić information content (AvgIpc) is 3.11. The molecule has 0 bridgehead atoms. The summed E-state index contributed by atoms with van der Waals surface area (Å²) in [6.07, 6.45) is 2.73. The lowest BCUT2D eigenvalue weighted by Gasteiger charge is -2.25. The number of fused-ring (bicyclic) bond motifs is 1. The Labute approximate surface area is 169 Å². The zero-order chi connectivity index (χ0) is 20.5. The van der Waals surface area contributed by atoms with E-state index in [9.17, 15) is 13.2 Å². The van der Waals surface area contributed by atoms with Crippen molar-refractivity contribution in [2.45, 2.75) is 17.1 Å². The van der Waals surface area contributed by atoms with E-state index in [1.807, 2.05) is 4.89 Å². The van der Waals surface area contributed by atoms with Crippen molar-refractivity contribution in [3.63, 3.8) is 0 Å². The number of halogens is 2. The molecule has 28 heavy (non-hydrogen) atoms. The van der Waals surface area contributed by atoms with Crippen molar-refractivity contribution in [1.29, 1.82) is 0 Å². The van der Waals surface area contributed by atoms with Crippen molar-refractivity contribution < 1.29 is 22.8 Å². The molecule has 13 heteroatoms. The van der Waals surface area contributed by atoms with E-state index < -0.39 is 26.2 Å². The number of carbonyl (C=O) groups is 1. The standard InChI is InChI=1S/C15H13Cl2N5O5S/c1-15(17,12-9(13(23)26-2)4-3-5-10(12)16)27-21-28(24,25)14-19-11-6-7-18-8-22(11)20-14/h3-8,21H,1-2H3. The maximum Gasteiger partial charge on any atom is 0.338 e. The molecular formula is C15H13Cl2N5O5S. The van der Waals surface area contributed by atoms with Gasteiger partial charge in [0.15, 0.2) is 10.7 Å². The van der Waals surface area contributed by atoms with Gasteiger partial charge in [-0.2, -0.15) is 4.98 Å². The highest BCUT2D eigenvalue weighted by atomic mass is 35.5. The molecule has 0 fully saturated rings. The first-order valence-electron chi connectivity index (χ1n) is 7.58. The molecule has 148 valence electrons. The smallest absolute Gasteiger partial charge is 0.338 e. The molecule has 0 aliphatic rings. The van der Waals surface area contributed by atoms with E-state index in [0.717, 1.165) is 0 Å². The number of rotatable bonds is 6. The number of sulfonamides is 1. The van der Waals surface area contributed by atoms with Gasteiger partial charge in [-0.25, -0.2) is 22.7 Å². The van der Waals surface area contributed by atoms with Gasteiger partial charge in [0, 0.05) is 22.8 Å². The number of nitrogens with one attached hydrogen (secondary N) is 1. The Morgan fingerprint density at radius 2 is 2.07 bits per heavy atom. The van der Waals surface area contributed by atoms with Crippen LogP contribution in [0.2, 0.25) is 5.02 Å². The SMILES string of the molecule is COC(=O)c1cccc(Cl)c1C(C)(Cl)ONS(=O)(=O)c1nc2ccncn2n1. The molecule has 3 rings (SSSR count). The van der Waals surface area contributed by atoms with Crippen molar-refractivity contribution in [3.8, 4) is 0 Å². The van der Waals surface area contributed by atoms with Crippen LogP contribution >= 0.6 is 23.2 Å². The van der Waals surface area contributed by atoms with Crippen molar-refractivity contribution >= 4 is 44.8 Å². The van der Waals surface area contributed by atoms with E-state index in [2.05, 4.69) is 15.1 Å². The Balaban J connectivity index is 1.90. The summed E-state index contributed by atoms with van der Waals surface area (Å²) in [7, 11) is -3.11. The Morgan fingerprint density at radius 1 is 1.32 bits per heavy atom. The third-order valence-electron chi connectivity index (χ3n) is 3.57. The topological polar surface area (TPSA) is 125 Å². The lowest BCUT2D eigenvalue weighted by atomic mass is 10.0. The number of carbonyl (C=O) groups excluding carboxylic acids is 1. The van der Waals surface area contributed by atoms with Crippen LogP contribution < -0.4 is 4.89 Å². The number of nitrogens with zero attached hydrogens (tertiary/aromatic N) is 4. The Morgan fingerprint density at radius 3 is 2.75 bits per heavy atom. The second kappa shape index (κ2) is 7.60. The zero-order valence-electron chi connectivity index (χ0n) is 14.5. The predicted octanol–water partition coefficient (Wildman–Crippen LogP) is 1.89. The van der Waals surface area contributed by atoms with E-state index in [0.29, 0.717) is 0 Å². The van der Waals surface area contributed by atoms with Crippen LogP contribution in [0, 0.1) is 0 Å². The fourth-order valence-corrected chi connectivity index (χ4v) is 3.77. The molecule has 0 saturated heterocycles. The summed E-state index contributed by atoms with van der Waals surface area (Å²) in [5, 5.41) is 1.48. The quantitative estimate of drug-likeness (QED) is 0.346. The second-order valence-corrected chi connectivity index (χ2v) is 8.20. The molecule has 2 aromatic heterocycles. The summed E-state index contributed by atoms with van der Waals surface area (Å²) < 4.78 is 30.8. The van der Waals surface area contributed by atoms with Crippen LogP contribution in [-0.4, -0.2) is 41.1 Å². The monoisotopic (exact) mass is 445 g/mol. The van der Waals surface area contributed by atoms with Gasteiger partial charge in [0.1, 0.15) is 6.33 Å². The first-order chi connectivity index (χ1) is 13.2. The molecule has 1 aromatic carbocycles. The molecule has 3 aromatic rings. The summed E-state index contributed by atoms with van der Waals surface area (Å²) in [6.45, 7) is 1.31. The van der Waals surface area contributed by atoms with Gasteiger partial charge in [-0.05, 0) is 19.1 Å². The van der Waals surface area contributed by atoms with E-state index in [1.165, 1.54) is 55.3 Å². The van der Waals surface area contributed by atoms with Crippen molar-refractivity contribution in [1.82, 2.24) is 24.5 Å². The number of hydrogen-bond donors (Lipinski definition) is 1. The van der Waals surface area contributed by atoms with E-state index in [-0.39, 0.29) is 21.8 Å². The fraction of sp³-hybridized carbons (Fsp3) is 0.200. The molecule has 0 saturated carbocycles. The average molecular weight is 446 g/mol. The van der Waals surface area contributed by atoms with Crippen molar-refractivity contribution in [2.24, 2.45) is 0 Å². The summed E-state index contributed by atoms with van der Waals surface area (Å²) in [5.41, 5.74) is 0.312. The molecule has 10 nitrogen and oxygen atoms in total. The van der Waals surface area contributed by atoms with Gasteiger partial charge in [0.2, 0.25) is 0 Å². The normalized spacial score (nSPS) is 14.0. The van der Waals surface area contributed by atoms with E-state index in [1.54, 1.807) is 0 Å². The fourth-order valence-electron chi connectivity index (χ4n) is 2.32. The predicted molar refractivity (Wildman–Crippen MR) is 98.2 cm³/mol. The van der Waals surface area contributed by atoms with Crippen molar-refractivity contribution in [3.05, 3.63) is 52.9 Å². The minimum atomic E-state index is -4.30. The van der Waals surface area contributed by atoms with Crippen LogP contribution in [0.15, 0.2) is 41.9 Å². The van der Waals surface area contributed by atoms with Gasteiger partial charge in [-0.1, -0.05) is 34.2 Å². The lowest BCUT2D eigenvalue weighted by molar-refractivity contribution is -0.00669. The third-order valence-corrected chi connectivity index (χ3v) is 5.11. The number of hydrogen-bond acceptors (Lipinski definition) is 8. The third kappa shape index (κ3) is 3.93. The first-order valence-corrected chi connectivity index (χ1v) is 9.82. The number of methoxy groups -OCH3 is 1. The lowest BCUT2D eigenvalue weighted by Crippen LogP contribution is -2.34.